The first-order valence-electron chi connectivity index (χ1n) is 14.0. The minimum atomic E-state index is -2.65. The van der Waals surface area contributed by atoms with Gasteiger partial charge in [0.2, 0.25) is 0 Å². The molecule has 200 valence electrons. The van der Waals surface area contributed by atoms with Crippen molar-refractivity contribution in [2.45, 2.75) is 0 Å². The van der Waals surface area contributed by atoms with E-state index in [9.17, 15) is 5.26 Å². The number of nitriles is 1. The maximum atomic E-state index is 9.91. The molecule has 0 atom stereocenters. The number of hydrogen-bond donors (Lipinski definition) is 0. The molecule has 6 rings (SSSR count). The Morgan fingerprint density at radius 2 is 0.976 bits per heavy atom. The Hall–Kier alpha value is -5.27. The topological polar surface area (TPSA) is 36.1 Å². The number of hydrogen-bond acceptors (Lipinski definition) is 2. The summed E-state index contributed by atoms with van der Waals surface area (Å²) in [6.07, 6.45) is 2.67. The Balaban J connectivity index is 1.58. The van der Waals surface area contributed by atoms with Gasteiger partial charge in [-0.2, -0.15) is 0 Å². The minimum absolute atomic E-state index is 0.460. The Morgan fingerprint density at radius 1 is 0.571 bits per heavy atom. The predicted molar refractivity (Wildman–Crippen MR) is 178 cm³/mol. The summed E-state index contributed by atoms with van der Waals surface area (Å²) in [6.45, 7) is 0. The van der Waals surface area contributed by atoms with Crippen molar-refractivity contribution in [1.29, 1.82) is 5.26 Å². The fourth-order valence-electron chi connectivity index (χ4n) is 5.64. The van der Waals surface area contributed by atoms with Crippen LogP contribution in [0.5, 0.6) is 0 Å². The Labute approximate surface area is 248 Å². The van der Waals surface area contributed by atoms with E-state index in [0.717, 1.165) is 22.4 Å². The molecule has 0 heterocycles. The van der Waals surface area contributed by atoms with Crippen LogP contribution in [0.3, 0.4) is 0 Å². The number of rotatable bonds is 8. The van der Waals surface area contributed by atoms with E-state index in [1.807, 2.05) is 42.5 Å². The second kappa shape index (κ2) is 12.5. The average molecular weight is 557 g/mol. The fraction of sp³-hybridized carbons (Fsp3) is 0.0256. The van der Waals surface area contributed by atoms with E-state index in [1.165, 1.54) is 15.9 Å². The molecule has 42 heavy (non-hydrogen) atoms. The zero-order valence-corrected chi connectivity index (χ0v) is 24.1. The number of allylic oxidation sites excluding steroid dienone is 3. The predicted octanol–water partition coefficient (Wildman–Crippen LogP) is 7.28. The van der Waals surface area contributed by atoms with E-state index in [2.05, 4.69) is 133 Å². The van der Waals surface area contributed by atoms with Gasteiger partial charge in [0.25, 0.3) is 0 Å². The van der Waals surface area contributed by atoms with Crippen molar-refractivity contribution in [2.75, 3.05) is 6.16 Å². The van der Waals surface area contributed by atoms with Crippen LogP contribution >= 0.6 is 7.26 Å². The summed E-state index contributed by atoms with van der Waals surface area (Å²) in [4.78, 5) is 5.28. The van der Waals surface area contributed by atoms with Crippen LogP contribution in [-0.4, -0.2) is 11.9 Å². The van der Waals surface area contributed by atoms with Crippen molar-refractivity contribution in [3.63, 3.8) is 0 Å². The molecule has 0 saturated heterocycles. The standard InChI is InChI=1S/C39H29N2P/c40-29-31-26-27-38(41-39(32-16-6-1-7-17-32)33-18-8-2-9-19-33)34(28-31)30-42(35-20-10-3-11-21-35,36-22-12-4-13-23-36)37-24-14-5-15-25-37/h1-25,28,42H,30H2. The molecule has 3 heteroatoms. The Bertz CT molecular complexity index is 1750. The van der Waals surface area contributed by atoms with Gasteiger partial charge in [-0.1, -0.05) is 0 Å². The first-order valence-corrected chi connectivity index (χ1v) is 16.2. The molecular weight excluding hydrogens is 527 g/mol. The molecule has 0 aliphatic heterocycles. The van der Waals surface area contributed by atoms with Gasteiger partial charge in [-0.3, -0.25) is 0 Å². The molecule has 0 aromatic heterocycles. The summed E-state index contributed by atoms with van der Waals surface area (Å²) >= 11 is 0. The molecule has 0 saturated carbocycles. The van der Waals surface area contributed by atoms with Crippen LogP contribution in [0, 0.1) is 11.3 Å². The van der Waals surface area contributed by atoms with Crippen LogP contribution < -0.4 is 15.9 Å². The van der Waals surface area contributed by atoms with E-state index in [4.69, 9.17) is 4.99 Å². The summed E-state index contributed by atoms with van der Waals surface area (Å²) in [7, 11) is -2.65. The zero-order valence-electron chi connectivity index (χ0n) is 23.1. The van der Waals surface area contributed by atoms with Crippen molar-refractivity contribution in [1.82, 2.24) is 0 Å². The third-order valence-corrected chi connectivity index (χ3v) is 12.5. The van der Waals surface area contributed by atoms with Gasteiger partial charge < -0.3 is 0 Å². The van der Waals surface area contributed by atoms with Gasteiger partial charge in [-0.05, 0) is 0 Å². The summed E-state index contributed by atoms with van der Waals surface area (Å²) in [5.41, 5.74) is 11.4. The molecule has 0 N–H and O–H groups in total. The maximum absolute atomic E-state index is 9.91. The van der Waals surface area contributed by atoms with Gasteiger partial charge in [0.15, 0.2) is 0 Å². The molecule has 0 radical (unpaired) electrons. The Kier molecular flexibility index (Phi) is 8.01. The van der Waals surface area contributed by atoms with Crippen molar-refractivity contribution >= 4 is 28.9 Å². The zero-order chi connectivity index (χ0) is 28.6. The van der Waals surface area contributed by atoms with Gasteiger partial charge in [0.05, 0.1) is 0 Å². The molecule has 0 fully saturated rings. The molecule has 0 unspecified atom stereocenters. The molecule has 0 bridgehead atoms. The molecule has 1 aliphatic rings. The second-order valence-corrected chi connectivity index (χ2v) is 14.1. The first kappa shape index (κ1) is 26.9. The van der Waals surface area contributed by atoms with Gasteiger partial charge in [0.1, 0.15) is 0 Å². The molecule has 0 spiro atoms. The molecule has 5 aromatic carbocycles. The van der Waals surface area contributed by atoms with Crippen molar-refractivity contribution < 1.29 is 0 Å². The van der Waals surface area contributed by atoms with Crippen LogP contribution in [0.15, 0.2) is 191 Å². The summed E-state index contributed by atoms with van der Waals surface area (Å²) < 4.78 is 0. The van der Waals surface area contributed by atoms with Crippen LogP contribution in [0.4, 0.5) is 0 Å². The molecular formula is C39H29N2P. The van der Waals surface area contributed by atoms with Gasteiger partial charge >= 0.3 is 249 Å². The molecule has 5 aromatic rings. The van der Waals surface area contributed by atoms with Gasteiger partial charge in [-0.15, -0.1) is 0 Å². The van der Waals surface area contributed by atoms with Crippen LogP contribution in [0.25, 0.3) is 0 Å². The normalized spacial score (nSPS) is 12.8. The third-order valence-electron chi connectivity index (χ3n) is 7.63. The second-order valence-electron chi connectivity index (χ2n) is 10.2. The number of benzene rings is 5. The van der Waals surface area contributed by atoms with Crippen LogP contribution in [-0.2, 0) is 0 Å². The van der Waals surface area contributed by atoms with Crippen molar-refractivity contribution in [2.24, 2.45) is 4.99 Å². The summed E-state index contributed by atoms with van der Waals surface area (Å²) in [5, 5.41) is 13.8. The van der Waals surface area contributed by atoms with Gasteiger partial charge in [0, 0.05) is 0 Å². The quantitative estimate of drug-likeness (QED) is 0.112. The van der Waals surface area contributed by atoms with E-state index in [1.54, 1.807) is 0 Å². The molecule has 1 aliphatic carbocycles. The SMILES string of the molecule is N#CC1=C=C=C(N=C(c2ccccc2)c2ccccc2)C(C[PH](c2ccccc2)(c2ccccc2)c2ccccc2)=C1. The number of aliphatic imine (C=N–C) groups is 1. The Morgan fingerprint density at radius 3 is 1.38 bits per heavy atom. The van der Waals surface area contributed by atoms with Crippen molar-refractivity contribution in [3.05, 3.63) is 197 Å². The number of nitrogens with zero attached hydrogens (tertiary/aromatic N) is 2. The third kappa shape index (κ3) is 5.50. The molecule has 2 nitrogen and oxygen atoms in total. The van der Waals surface area contributed by atoms with Crippen LogP contribution in [0.2, 0.25) is 0 Å². The van der Waals surface area contributed by atoms with Crippen molar-refractivity contribution in [3.8, 4) is 6.07 Å². The van der Waals surface area contributed by atoms with E-state index < -0.39 is 7.26 Å². The summed E-state index contributed by atoms with van der Waals surface area (Å²) in [6, 6.07) is 55.2. The van der Waals surface area contributed by atoms with Crippen LogP contribution in [0.1, 0.15) is 11.1 Å². The monoisotopic (exact) mass is 556 g/mol. The molecule has 0 amide bonds. The van der Waals surface area contributed by atoms with E-state index in [-0.39, 0.29) is 0 Å². The van der Waals surface area contributed by atoms with Gasteiger partial charge in [-0.25, -0.2) is 0 Å². The van der Waals surface area contributed by atoms with E-state index in [0.29, 0.717) is 17.4 Å². The first-order chi connectivity index (χ1) is 20.8. The van der Waals surface area contributed by atoms with E-state index >= 15 is 0 Å². The summed E-state index contributed by atoms with van der Waals surface area (Å²) in [5.74, 6) is 0. The average Bonchev–Trinajstić information content (AvgIpc) is 3.08. The fourth-order valence-corrected chi connectivity index (χ4v) is 10.4.